The predicted octanol–water partition coefficient (Wildman–Crippen LogP) is 4.48. The van der Waals surface area contributed by atoms with Crippen molar-refractivity contribution in [3.05, 3.63) is 47.8 Å². The van der Waals surface area contributed by atoms with E-state index >= 15 is 0 Å². The predicted molar refractivity (Wildman–Crippen MR) is 97.8 cm³/mol. The Morgan fingerprint density at radius 2 is 2.20 bits per heavy atom. The molecule has 2 atom stereocenters. The highest BCUT2D eigenvalue weighted by atomic mass is 19.1. The zero-order chi connectivity index (χ0) is 18.8. The lowest BCUT2D eigenvalue weighted by atomic mass is 9.78. The Balaban J connectivity index is 2.37. The van der Waals surface area contributed by atoms with Gasteiger partial charge in [0.05, 0.1) is 6.04 Å². The largest absolute Gasteiger partial charge is 0.444 e. The molecule has 0 spiro atoms. The van der Waals surface area contributed by atoms with Gasteiger partial charge in [0.2, 0.25) is 0 Å². The molecule has 138 valence electrons. The van der Waals surface area contributed by atoms with Crippen molar-refractivity contribution in [1.82, 2.24) is 4.90 Å². The van der Waals surface area contributed by atoms with Gasteiger partial charge in [0.25, 0.3) is 0 Å². The summed E-state index contributed by atoms with van der Waals surface area (Å²) in [5.74, 6) is -0.286. The number of likely N-dealkylation sites (tertiary alicyclic amines) is 1. The van der Waals surface area contributed by atoms with Gasteiger partial charge in [0.15, 0.2) is 0 Å². The molecule has 1 aliphatic heterocycles. The molecule has 1 amide bonds. The van der Waals surface area contributed by atoms with E-state index in [1.807, 2.05) is 33.8 Å². The number of carbonyl (C=O) groups is 1. The van der Waals surface area contributed by atoms with Crippen LogP contribution in [0.25, 0.3) is 0 Å². The van der Waals surface area contributed by atoms with Gasteiger partial charge in [0, 0.05) is 12.1 Å². The summed E-state index contributed by atoms with van der Waals surface area (Å²) in [4.78, 5) is 14.4. The maximum Gasteiger partial charge on any atom is 0.410 e. The fourth-order valence-corrected chi connectivity index (χ4v) is 3.40. The number of halogens is 1. The van der Waals surface area contributed by atoms with E-state index in [-0.39, 0.29) is 18.0 Å². The summed E-state index contributed by atoms with van der Waals surface area (Å²) in [6.45, 7) is 11.7. The van der Waals surface area contributed by atoms with E-state index in [0.717, 1.165) is 11.1 Å². The molecule has 0 aromatic heterocycles. The van der Waals surface area contributed by atoms with E-state index in [2.05, 4.69) is 6.58 Å². The number of carbonyl (C=O) groups excluding carboxylic acids is 1. The molecule has 0 saturated carbocycles. The van der Waals surface area contributed by atoms with Gasteiger partial charge in [-0.1, -0.05) is 12.1 Å². The smallest absolute Gasteiger partial charge is 0.410 e. The van der Waals surface area contributed by atoms with Crippen LogP contribution in [0.1, 0.15) is 57.2 Å². The third kappa shape index (κ3) is 4.82. The molecule has 0 unspecified atom stereocenters. The molecule has 2 N–H and O–H groups in total. The first-order valence-corrected chi connectivity index (χ1v) is 8.70. The fraction of sp³-hybridized carbons (Fsp3) is 0.550. The van der Waals surface area contributed by atoms with Crippen molar-refractivity contribution in [3.8, 4) is 0 Å². The lowest BCUT2D eigenvalue weighted by Crippen LogP contribution is -2.53. The first kappa shape index (κ1) is 19.4. The minimum Gasteiger partial charge on any atom is -0.444 e. The number of rotatable bonds is 3. The van der Waals surface area contributed by atoms with Crippen LogP contribution in [0.2, 0.25) is 0 Å². The van der Waals surface area contributed by atoms with Gasteiger partial charge >= 0.3 is 6.09 Å². The zero-order valence-electron chi connectivity index (χ0n) is 15.6. The molecule has 0 radical (unpaired) electrons. The minimum atomic E-state index is -0.572. The Hall–Kier alpha value is -1.88. The molecule has 0 aliphatic carbocycles. The summed E-state index contributed by atoms with van der Waals surface area (Å²) in [7, 11) is 0. The SMILES string of the molecule is C=CC[C@]1(N)CCN(C(=O)OC(C)(C)C)[C@@H](c2ccc(F)cc2C)C1. The minimum absolute atomic E-state index is 0.242. The molecule has 1 heterocycles. The normalized spacial score (nSPS) is 24.1. The Bertz CT molecular complexity index is 654. The first-order chi connectivity index (χ1) is 11.5. The number of hydrogen-bond donors (Lipinski definition) is 1. The Labute approximate surface area is 149 Å². The Morgan fingerprint density at radius 1 is 1.52 bits per heavy atom. The van der Waals surface area contributed by atoms with Gasteiger partial charge < -0.3 is 15.4 Å². The van der Waals surface area contributed by atoms with Crippen LogP contribution in [-0.4, -0.2) is 28.7 Å². The molecule has 1 aromatic carbocycles. The van der Waals surface area contributed by atoms with Crippen LogP contribution in [0.15, 0.2) is 30.9 Å². The summed E-state index contributed by atoms with van der Waals surface area (Å²) in [6, 6.07) is 4.42. The van der Waals surface area contributed by atoms with Gasteiger partial charge in [-0.25, -0.2) is 9.18 Å². The number of ether oxygens (including phenoxy) is 1. The van der Waals surface area contributed by atoms with Crippen LogP contribution in [0, 0.1) is 12.7 Å². The van der Waals surface area contributed by atoms with Gasteiger partial charge in [-0.2, -0.15) is 0 Å². The third-order valence-corrected chi connectivity index (χ3v) is 4.60. The Morgan fingerprint density at radius 3 is 2.76 bits per heavy atom. The summed E-state index contributed by atoms with van der Waals surface area (Å²) in [6.07, 6.45) is 3.39. The van der Waals surface area contributed by atoms with E-state index < -0.39 is 11.1 Å². The number of amides is 1. The highest BCUT2D eigenvalue weighted by Gasteiger charge is 2.41. The third-order valence-electron chi connectivity index (χ3n) is 4.60. The molecular weight excluding hydrogens is 319 g/mol. The van der Waals surface area contributed by atoms with E-state index in [1.165, 1.54) is 12.1 Å². The molecule has 1 fully saturated rings. The molecule has 1 aliphatic rings. The van der Waals surface area contributed by atoms with Crippen molar-refractivity contribution >= 4 is 6.09 Å². The number of hydrogen-bond acceptors (Lipinski definition) is 3. The lowest BCUT2D eigenvalue weighted by molar-refractivity contribution is 0.00172. The number of benzene rings is 1. The number of nitrogens with zero attached hydrogens (tertiary/aromatic N) is 1. The van der Waals surface area contributed by atoms with Crippen LogP contribution < -0.4 is 5.73 Å². The molecular formula is C20H29FN2O2. The molecule has 25 heavy (non-hydrogen) atoms. The van der Waals surface area contributed by atoms with Crippen LogP contribution in [0.5, 0.6) is 0 Å². The molecule has 1 aromatic rings. The standard InChI is InChI=1S/C20H29FN2O2/c1-6-9-20(22)10-11-23(18(24)25-19(3,4)5)17(13-20)16-8-7-15(21)12-14(16)2/h6-8,12,17H,1,9-11,13,22H2,2-5H3/t17-,20+/m1/s1. The highest BCUT2D eigenvalue weighted by molar-refractivity contribution is 5.69. The van der Waals surface area contributed by atoms with Crippen molar-refractivity contribution in [2.24, 2.45) is 5.73 Å². The van der Waals surface area contributed by atoms with Crippen LogP contribution in [0.3, 0.4) is 0 Å². The Kier molecular flexibility index (Phi) is 5.57. The zero-order valence-corrected chi connectivity index (χ0v) is 15.6. The van der Waals surface area contributed by atoms with Crippen molar-refractivity contribution in [1.29, 1.82) is 0 Å². The lowest BCUT2D eigenvalue weighted by Gasteiger charge is -2.45. The quantitative estimate of drug-likeness (QED) is 0.820. The highest BCUT2D eigenvalue weighted by Crippen LogP contribution is 2.39. The second-order valence-corrected chi connectivity index (χ2v) is 8.00. The number of nitrogens with two attached hydrogens (primary N) is 1. The second kappa shape index (κ2) is 7.16. The summed E-state index contributed by atoms with van der Waals surface area (Å²) in [5, 5.41) is 0. The topological polar surface area (TPSA) is 55.6 Å². The van der Waals surface area contributed by atoms with Crippen molar-refractivity contribution in [2.75, 3.05) is 6.54 Å². The molecule has 5 heteroatoms. The fourth-order valence-electron chi connectivity index (χ4n) is 3.40. The van der Waals surface area contributed by atoms with E-state index in [1.54, 1.807) is 11.0 Å². The maximum absolute atomic E-state index is 13.5. The van der Waals surface area contributed by atoms with Gasteiger partial charge in [-0.3, -0.25) is 0 Å². The van der Waals surface area contributed by atoms with Gasteiger partial charge in [-0.15, -0.1) is 6.58 Å². The molecule has 1 saturated heterocycles. The van der Waals surface area contributed by atoms with Crippen molar-refractivity contribution in [2.45, 2.75) is 64.1 Å². The summed E-state index contributed by atoms with van der Waals surface area (Å²) < 4.78 is 19.1. The second-order valence-electron chi connectivity index (χ2n) is 8.00. The molecule has 0 bridgehead atoms. The molecule has 2 rings (SSSR count). The van der Waals surface area contributed by atoms with Gasteiger partial charge in [0.1, 0.15) is 11.4 Å². The van der Waals surface area contributed by atoms with Crippen LogP contribution >= 0.6 is 0 Å². The van der Waals surface area contributed by atoms with Crippen molar-refractivity contribution in [3.63, 3.8) is 0 Å². The maximum atomic E-state index is 13.5. The average Bonchev–Trinajstić information content (AvgIpc) is 2.45. The van der Waals surface area contributed by atoms with Crippen LogP contribution in [-0.2, 0) is 4.74 Å². The monoisotopic (exact) mass is 348 g/mol. The van der Waals surface area contributed by atoms with E-state index in [0.29, 0.717) is 25.8 Å². The summed E-state index contributed by atoms with van der Waals surface area (Å²) in [5.41, 5.74) is 7.26. The first-order valence-electron chi connectivity index (χ1n) is 8.70. The van der Waals surface area contributed by atoms with Crippen LogP contribution in [0.4, 0.5) is 9.18 Å². The summed E-state index contributed by atoms with van der Waals surface area (Å²) >= 11 is 0. The van der Waals surface area contributed by atoms with Crippen molar-refractivity contribution < 1.29 is 13.9 Å². The number of piperidine rings is 1. The van der Waals surface area contributed by atoms with Gasteiger partial charge in [-0.05, 0) is 70.2 Å². The average molecular weight is 348 g/mol. The number of aryl methyl sites for hydroxylation is 1. The van der Waals surface area contributed by atoms with E-state index in [4.69, 9.17) is 10.5 Å². The molecule has 4 nitrogen and oxygen atoms in total. The van der Waals surface area contributed by atoms with E-state index in [9.17, 15) is 9.18 Å².